The summed E-state index contributed by atoms with van der Waals surface area (Å²) in [6.07, 6.45) is 0.564. The van der Waals surface area contributed by atoms with Crippen molar-refractivity contribution in [2.75, 3.05) is 0 Å². The number of carbonyl (C=O) groups is 2. The summed E-state index contributed by atoms with van der Waals surface area (Å²) < 4.78 is 5.63. The lowest BCUT2D eigenvalue weighted by molar-refractivity contribution is -0.144. The van der Waals surface area contributed by atoms with Crippen LogP contribution in [-0.4, -0.2) is 35.2 Å². The van der Waals surface area contributed by atoms with E-state index in [1.165, 1.54) is 0 Å². The normalized spacial score (nSPS) is 33.7. The third-order valence-corrected chi connectivity index (χ3v) is 4.32. The standard InChI is InChI=1S/C14H25NO4/c1-6-7(2)12(14(17)18)15-13(16)11-8(3)9(4)19-10(11)5/h7-12H,6H2,1-5H3,(H,15,16)(H,17,18). The van der Waals surface area contributed by atoms with Crippen LogP contribution in [0.2, 0.25) is 0 Å². The van der Waals surface area contributed by atoms with Crippen molar-refractivity contribution in [2.24, 2.45) is 17.8 Å². The van der Waals surface area contributed by atoms with Crippen LogP contribution in [0.25, 0.3) is 0 Å². The Morgan fingerprint density at radius 1 is 1.26 bits per heavy atom. The van der Waals surface area contributed by atoms with Gasteiger partial charge < -0.3 is 15.2 Å². The summed E-state index contributed by atoms with van der Waals surface area (Å²) in [5, 5.41) is 11.9. The molecule has 1 aliphatic rings. The van der Waals surface area contributed by atoms with E-state index in [1.54, 1.807) is 0 Å². The van der Waals surface area contributed by atoms with E-state index in [2.05, 4.69) is 5.32 Å². The van der Waals surface area contributed by atoms with Gasteiger partial charge in [-0.15, -0.1) is 0 Å². The molecule has 1 fully saturated rings. The van der Waals surface area contributed by atoms with Crippen molar-refractivity contribution in [3.05, 3.63) is 0 Å². The lowest BCUT2D eigenvalue weighted by Gasteiger charge is -2.24. The van der Waals surface area contributed by atoms with Gasteiger partial charge in [0.1, 0.15) is 6.04 Å². The maximum absolute atomic E-state index is 12.3. The highest BCUT2D eigenvalue weighted by Gasteiger charge is 2.42. The summed E-state index contributed by atoms with van der Waals surface area (Å²) in [7, 11) is 0. The molecule has 0 spiro atoms. The Morgan fingerprint density at radius 2 is 1.84 bits per heavy atom. The Hall–Kier alpha value is -1.10. The van der Waals surface area contributed by atoms with Gasteiger partial charge in [0.25, 0.3) is 0 Å². The van der Waals surface area contributed by atoms with Crippen molar-refractivity contribution in [1.29, 1.82) is 0 Å². The fourth-order valence-electron chi connectivity index (χ4n) is 2.65. The van der Waals surface area contributed by atoms with Gasteiger partial charge in [-0.05, 0) is 25.7 Å². The fourth-order valence-corrected chi connectivity index (χ4v) is 2.65. The van der Waals surface area contributed by atoms with E-state index >= 15 is 0 Å². The van der Waals surface area contributed by atoms with Gasteiger partial charge in [-0.2, -0.15) is 0 Å². The molecule has 19 heavy (non-hydrogen) atoms. The minimum Gasteiger partial charge on any atom is -0.480 e. The van der Waals surface area contributed by atoms with E-state index in [9.17, 15) is 14.7 Å². The number of rotatable bonds is 5. The first-order valence-corrected chi connectivity index (χ1v) is 6.98. The molecule has 0 aliphatic carbocycles. The summed E-state index contributed by atoms with van der Waals surface area (Å²) in [6, 6.07) is -0.826. The minimum absolute atomic E-state index is 0.0256. The second kappa shape index (κ2) is 6.37. The summed E-state index contributed by atoms with van der Waals surface area (Å²) >= 11 is 0. The van der Waals surface area contributed by atoms with Crippen LogP contribution in [0.4, 0.5) is 0 Å². The molecule has 0 aromatic heterocycles. The second-order valence-electron chi connectivity index (χ2n) is 5.64. The summed E-state index contributed by atoms with van der Waals surface area (Å²) in [5.41, 5.74) is 0. The van der Waals surface area contributed by atoms with Crippen LogP contribution in [-0.2, 0) is 14.3 Å². The average molecular weight is 271 g/mol. The molecule has 0 saturated carbocycles. The van der Waals surface area contributed by atoms with E-state index in [0.29, 0.717) is 6.42 Å². The van der Waals surface area contributed by atoms with Crippen molar-refractivity contribution in [2.45, 2.75) is 59.3 Å². The first kappa shape index (κ1) is 16.0. The molecular formula is C14H25NO4. The SMILES string of the molecule is CCC(C)C(NC(=O)C1C(C)OC(C)C1C)C(=O)O. The number of carboxylic acid groups (broad SMARTS) is 1. The topological polar surface area (TPSA) is 75.6 Å². The van der Waals surface area contributed by atoms with Crippen LogP contribution < -0.4 is 5.32 Å². The summed E-state index contributed by atoms with van der Waals surface area (Å²) in [6.45, 7) is 9.52. The molecule has 0 bridgehead atoms. The molecule has 5 heteroatoms. The van der Waals surface area contributed by atoms with Crippen molar-refractivity contribution in [1.82, 2.24) is 5.32 Å². The monoisotopic (exact) mass is 271 g/mol. The fraction of sp³-hybridized carbons (Fsp3) is 0.857. The van der Waals surface area contributed by atoms with Gasteiger partial charge in [-0.25, -0.2) is 4.79 Å². The number of hydrogen-bond donors (Lipinski definition) is 2. The van der Waals surface area contributed by atoms with Gasteiger partial charge in [-0.1, -0.05) is 27.2 Å². The van der Waals surface area contributed by atoms with Gasteiger partial charge >= 0.3 is 5.97 Å². The molecule has 2 N–H and O–H groups in total. The smallest absolute Gasteiger partial charge is 0.326 e. The molecule has 110 valence electrons. The van der Waals surface area contributed by atoms with Crippen LogP contribution >= 0.6 is 0 Å². The molecule has 1 saturated heterocycles. The van der Waals surface area contributed by atoms with Gasteiger partial charge in [-0.3, -0.25) is 4.79 Å². The number of hydrogen-bond acceptors (Lipinski definition) is 3. The Bertz CT molecular complexity index is 344. The second-order valence-corrected chi connectivity index (χ2v) is 5.64. The van der Waals surface area contributed by atoms with Crippen molar-refractivity contribution >= 4 is 11.9 Å². The number of aliphatic carboxylic acids is 1. The Morgan fingerprint density at radius 3 is 2.21 bits per heavy atom. The maximum atomic E-state index is 12.3. The molecule has 0 aromatic rings. The zero-order chi connectivity index (χ0) is 14.7. The molecule has 1 heterocycles. The lowest BCUT2D eigenvalue weighted by atomic mass is 9.88. The predicted octanol–water partition coefficient (Wildman–Crippen LogP) is 1.66. The molecule has 0 aromatic carbocycles. The van der Waals surface area contributed by atoms with Gasteiger partial charge in [0.05, 0.1) is 18.1 Å². The first-order chi connectivity index (χ1) is 8.79. The number of amides is 1. The molecule has 0 radical (unpaired) electrons. The van der Waals surface area contributed by atoms with E-state index < -0.39 is 12.0 Å². The van der Waals surface area contributed by atoms with E-state index in [1.807, 2.05) is 34.6 Å². The van der Waals surface area contributed by atoms with E-state index in [4.69, 9.17) is 4.74 Å². The quantitative estimate of drug-likeness (QED) is 0.797. The third-order valence-electron chi connectivity index (χ3n) is 4.32. The highest BCUT2D eigenvalue weighted by Crippen LogP contribution is 2.32. The molecule has 1 rings (SSSR count). The predicted molar refractivity (Wildman–Crippen MR) is 71.7 cm³/mol. The highest BCUT2D eigenvalue weighted by molar-refractivity contribution is 5.85. The van der Waals surface area contributed by atoms with Crippen molar-refractivity contribution in [3.8, 4) is 0 Å². The maximum Gasteiger partial charge on any atom is 0.326 e. The Labute approximate surface area is 114 Å². The van der Waals surface area contributed by atoms with Crippen molar-refractivity contribution < 1.29 is 19.4 Å². The van der Waals surface area contributed by atoms with E-state index in [-0.39, 0.29) is 35.9 Å². The largest absolute Gasteiger partial charge is 0.480 e. The van der Waals surface area contributed by atoms with Gasteiger partial charge in [0.15, 0.2) is 0 Å². The van der Waals surface area contributed by atoms with Crippen LogP contribution in [0, 0.1) is 17.8 Å². The van der Waals surface area contributed by atoms with Crippen LogP contribution in [0.3, 0.4) is 0 Å². The third kappa shape index (κ3) is 3.47. The van der Waals surface area contributed by atoms with Crippen LogP contribution in [0.5, 0.6) is 0 Å². The molecule has 1 amide bonds. The zero-order valence-corrected chi connectivity index (χ0v) is 12.3. The average Bonchev–Trinajstić information content (AvgIpc) is 2.58. The van der Waals surface area contributed by atoms with Crippen LogP contribution in [0.15, 0.2) is 0 Å². The summed E-state index contributed by atoms with van der Waals surface area (Å²) in [4.78, 5) is 23.5. The molecule has 6 unspecified atom stereocenters. The zero-order valence-electron chi connectivity index (χ0n) is 12.3. The summed E-state index contributed by atoms with van der Waals surface area (Å²) in [5.74, 6) is -1.46. The first-order valence-electron chi connectivity index (χ1n) is 6.98. The van der Waals surface area contributed by atoms with Gasteiger partial charge in [0.2, 0.25) is 5.91 Å². The number of carbonyl (C=O) groups excluding carboxylic acids is 1. The molecule has 1 aliphatic heterocycles. The highest BCUT2D eigenvalue weighted by atomic mass is 16.5. The van der Waals surface area contributed by atoms with E-state index in [0.717, 1.165) is 0 Å². The number of nitrogens with one attached hydrogen (secondary N) is 1. The Kier molecular flexibility index (Phi) is 5.35. The Balaban J connectivity index is 2.75. The number of carboxylic acids is 1. The minimum atomic E-state index is -0.977. The van der Waals surface area contributed by atoms with Crippen molar-refractivity contribution in [3.63, 3.8) is 0 Å². The van der Waals surface area contributed by atoms with Gasteiger partial charge in [0, 0.05) is 0 Å². The number of ether oxygens (including phenoxy) is 1. The lowest BCUT2D eigenvalue weighted by Crippen LogP contribution is -2.49. The van der Waals surface area contributed by atoms with Crippen LogP contribution in [0.1, 0.15) is 41.0 Å². The molecule has 6 atom stereocenters. The molecule has 5 nitrogen and oxygen atoms in total. The molecular weight excluding hydrogens is 246 g/mol.